The number of aromatic amines is 1. The number of aromatic nitrogens is 2. The van der Waals surface area contributed by atoms with Gasteiger partial charge in [-0.2, -0.15) is 0 Å². The molecule has 0 spiro atoms. The summed E-state index contributed by atoms with van der Waals surface area (Å²) in [5.41, 5.74) is 1.26. The molecule has 0 aliphatic heterocycles. The number of nitrogens with zero attached hydrogens (tertiary/aromatic N) is 1. The van der Waals surface area contributed by atoms with E-state index in [4.69, 9.17) is 0 Å². The van der Waals surface area contributed by atoms with Crippen molar-refractivity contribution in [1.82, 2.24) is 9.97 Å². The molecule has 1 aromatic heterocycles. The van der Waals surface area contributed by atoms with Gasteiger partial charge in [0.2, 0.25) is 0 Å². The minimum Gasteiger partial charge on any atom is -0.348 e. The largest absolute Gasteiger partial charge is 0.348 e. The Balaban J connectivity index is 2.58. The van der Waals surface area contributed by atoms with Crippen LogP contribution in [0.3, 0.4) is 0 Å². The van der Waals surface area contributed by atoms with Gasteiger partial charge in [0.15, 0.2) is 0 Å². The molecule has 0 aliphatic rings. The summed E-state index contributed by atoms with van der Waals surface area (Å²) < 4.78 is 0. The second-order valence-electron chi connectivity index (χ2n) is 4.43. The van der Waals surface area contributed by atoms with Crippen molar-refractivity contribution in [3.63, 3.8) is 0 Å². The van der Waals surface area contributed by atoms with Crippen molar-refractivity contribution in [2.45, 2.75) is 34.1 Å². The number of hydrogen-bond donors (Lipinski definition) is 1. The van der Waals surface area contributed by atoms with Gasteiger partial charge >= 0.3 is 0 Å². The summed E-state index contributed by atoms with van der Waals surface area (Å²) in [5, 5.41) is 0. The van der Waals surface area contributed by atoms with Crippen molar-refractivity contribution in [3.05, 3.63) is 18.2 Å². The molecule has 1 N–H and O–H groups in total. The second-order valence-corrected chi connectivity index (χ2v) is 4.43. The van der Waals surface area contributed by atoms with Gasteiger partial charge in [-0.05, 0) is 24.2 Å². The van der Waals surface area contributed by atoms with Crippen LogP contribution in [0.2, 0.25) is 0 Å². The van der Waals surface area contributed by atoms with E-state index in [1.807, 2.05) is 6.20 Å². The molecule has 0 saturated heterocycles. The molecule has 0 radical (unpaired) electrons. The lowest BCUT2D eigenvalue weighted by atomic mass is 9.82. The van der Waals surface area contributed by atoms with Crippen LogP contribution in [-0.2, 0) is 6.42 Å². The number of imidazole rings is 1. The van der Waals surface area contributed by atoms with E-state index in [2.05, 4.69) is 37.7 Å². The molecule has 0 aromatic carbocycles. The Hall–Kier alpha value is -0.790. The zero-order valence-corrected chi connectivity index (χ0v) is 9.04. The van der Waals surface area contributed by atoms with Crippen LogP contribution in [0.5, 0.6) is 0 Å². The second kappa shape index (κ2) is 4.45. The molecule has 0 aliphatic carbocycles. The summed E-state index contributed by atoms with van der Waals surface area (Å²) in [5.74, 6) is 2.23. The first-order valence-electron chi connectivity index (χ1n) is 5.08. The first kappa shape index (κ1) is 10.3. The Morgan fingerprint density at radius 3 is 2.23 bits per heavy atom. The third-order valence-corrected chi connectivity index (χ3v) is 2.72. The average Bonchev–Trinajstić information content (AvgIpc) is 2.50. The lowest BCUT2D eigenvalue weighted by Gasteiger charge is -2.23. The standard InChI is InChI=1S/C11H20N2/c1-8(2)11(9(3)4)5-10-6-12-7-13-10/h6-9,11H,5H2,1-4H3,(H,12,13). The van der Waals surface area contributed by atoms with Crippen molar-refractivity contribution < 1.29 is 0 Å². The zero-order valence-electron chi connectivity index (χ0n) is 9.04. The van der Waals surface area contributed by atoms with Gasteiger partial charge in [-0.25, -0.2) is 4.98 Å². The SMILES string of the molecule is CC(C)C(Cc1cnc[nH]1)C(C)C. The Morgan fingerprint density at radius 1 is 1.23 bits per heavy atom. The van der Waals surface area contributed by atoms with Crippen LogP contribution in [0.1, 0.15) is 33.4 Å². The van der Waals surface area contributed by atoms with Crippen LogP contribution < -0.4 is 0 Å². The molecule has 0 bridgehead atoms. The van der Waals surface area contributed by atoms with E-state index in [0.717, 1.165) is 24.2 Å². The highest BCUT2D eigenvalue weighted by Crippen LogP contribution is 2.23. The predicted octanol–water partition coefficient (Wildman–Crippen LogP) is 2.88. The summed E-state index contributed by atoms with van der Waals surface area (Å²) in [7, 11) is 0. The lowest BCUT2D eigenvalue weighted by molar-refractivity contribution is 0.284. The van der Waals surface area contributed by atoms with Crippen molar-refractivity contribution in [1.29, 1.82) is 0 Å². The van der Waals surface area contributed by atoms with Gasteiger partial charge in [0.25, 0.3) is 0 Å². The third kappa shape index (κ3) is 2.87. The topological polar surface area (TPSA) is 28.7 Å². The number of hydrogen-bond acceptors (Lipinski definition) is 1. The van der Waals surface area contributed by atoms with Crippen LogP contribution in [0, 0.1) is 17.8 Å². The molecule has 0 atom stereocenters. The first-order valence-corrected chi connectivity index (χ1v) is 5.08. The smallest absolute Gasteiger partial charge is 0.0921 e. The summed E-state index contributed by atoms with van der Waals surface area (Å²) in [6.07, 6.45) is 4.81. The van der Waals surface area contributed by atoms with Crippen molar-refractivity contribution in [2.24, 2.45) is 17.8 Å². The molecule has 2 nitrogen and oxygen atoms in total. The van der Waals surface area contributed by atoms with Crippen molar-refractivity contribution >= 4 is 0 Å². The summed E-state index contributed by atoms with van der Waals surface area (Å²) in [6, 6.07) is 0. The van der Waals surface area contributed by atoms with Crippen molar-refractivity contribution in [3.8, 4) is 0 Å². The Morgan fingerprint density at radius 2 is 1.85 bits per heavy atom. The predicted molar refractivity (Wildman–Crippen MR) is 55.5 cm³/mol. The Kier molecular flexibility index (Phi) is 3.52. The normalized spacial score (nSPS) is 11.9. The van der Waals surface area contributed by atoms with Crippen LogP contribution in [0.25, 0.3) is 0 Å². The maximum Gasteiger partial charge on any atom is 0.0921 e. The van der Waals surface area contributed by atoms with E-state index >= 15 is 0 Å². The van der Waals surface area contributed by atoms with Crippen LogP contribution in [0.15, 0.2) is 12.5 Å². The molecule has 0 saturated carbocycles. The molecule has 1 aromatic rings. The molecule has 0 fully saturated rings. The average molecular weight is 180 g/mol. The minimum absolute atomic E-state index is 0.739. The molecule has 0 unspecified atom stereocenters. The van der Waals surface area contributed by atoms with Crippen LogP contribution in [-0.4, -0.2) is 9.97 Å². The summed E-state index contributed by atoms with van der Waals surface area (Å²) in [4.78, 5) is 7.20. The van der Waals surface area contributed by atoms with Gasteiger partial charge in [0, 0.05) is 11.9 Å². The Labute approximate surface area is 80.8 Å². The molecular formula is C11H20N2. The Bertz CT molecular complexity index is 216. The van der Waals surface area contributed by atoms with Crippen molar-refractivity contribution in [2.75, 3.05) is 0 Å². The summed E-state index contributed by atoms with van der Waals surface area (Å²) >= 11 is 0. The molecule has 1 heterocycles. The molecule has 74 valence electrons. The molecular weight excluding hydrogens is 160 g/mol. The highest BCUT2D eigenvalue weighted by Gasteiger charge is 2.18. The van der Waals surface area contributed by atoms with Crippen LogP contribution >= 0.6 is 0 Å². The third-order valence-electron chi connectivity index (χ3n) is 2.72. The fourth-order valence-electron chi connectivity index (χ4n) is 1.89. The van der Waals surface area contributed by atoms with Gasteiger partial charge in [-0.3, -0.25) is 0 Å². The highest BCUT2D eigenvalue weighted by atomic mass is 14.9. The van der Waals surface area contributed by atoms with Gasteiger partial charge in [0.1, 0.15) is 0 Å². The monoisotopic (exact) mass is 180 g/mol. The van der Waals surface area contributed by atoms with Gasteiger partial charge in [-0.15, -0.1) is 0 Å². The van der Waals surface area contributed by atoms with E-state index < -0.39 is 0 Å². The maximum absolute atomic E-state index is 4.04. The first-order chi connectivity index (χ1) is 6.11. The van der Waals surface area contributed by atoms with Crippen LogP contribution in [0.4, 0.5) is 0 Å². The van der Waals surface area contributed by atoms with Gasteiger partial charge < -0.3 is 4.98 Å². The van der Waals surface area contributed by atoms with E-state index in [0.29, 0.717) is 0 Å². The minimum atomic E-state index is 0.739. The molecule has 13 heavy (non-hydrogen) atoms. The van der Waals surface area contributed by atoms with E-state index in [-0.39, 0.29) is 0 Å². The molecule has 2 heteroatoms. The number of rotatable bonds is 4. The van der Waals surface area contributed by atoms with E-state index in [1.165, 1.54) is 5.69 Å². The zero-order chi connectivity index (χ0) is 9.84. The molecule has 1 rings (SSSR count). The fraction of sp³-hybridized carbons (Fsp3) is 0.727. The lowest BCUT2D eigenvalue weighted by Crippen LogP contribution is -2.18. The number of nitrogens with one attached hydrogen (secondary N) is 1. The maximum atomic E-state index is 4.04. The van der Waals surface area contributed by atoms with E-state index in [9.17, 15) is 0 Å². The number of H-pyrrole nitrogens is 1. The quantitative estimate of drug-likeness (QED) is 0.758. The highest BCUT2D eigenvalue weighted by molar-refractivity contribution is 4.96. The fourth-order valence-corrected chi connectivity index (χ4v) is 1.89. The summed E-state index contributed by atoms with van der Waals surface area (Å²) in [6.45, 7) is 9.17. The molecule has 0 amide bonds. The van der Waals surface area contributed by atoms with Gasteiger partial charge in [-0.1, -0.05) is 27.7 Å². The van der Waals surface area contributed by atoms with Gasteiger partial charge in [0.05, 0.1) is 6.33 Å². The van der Waals surface area contributed by atoms with E-state index in [1.54, 1.807) is 6.33 Å².